The highest BCUT2D eigenvalue weighted by atomic mass is 16.5. The third-order valence-corrected chi connectivity index (χ3v) is 2.31. The summed E-state index contributed by atoms with van der Waals surface area (Å²) in [4.78, 5) is 0. The van der Waals surface area contributed by atoms with Crippen molar-refractivity contribution in [3.05, 3.63) is 5.69 Å². The predicted octanol–water partition coefficient (Wildman–Crippen LogP) is 1.37. The minimum atomic E-state index is -0.0256. The zero-order valence-electron chi connectivity index (χ0n) is 10.5. The molecule has 1 unspecified atom stereocenters. The molecular weight excluding hydrogens is 206 g/mol. The molecule has 0 aromatic carbocycles. The number of hydrogen-bond acceptors (Lipinski definition) is 4. The number of nitrogens with two attached hydrogens (primary N) is 1. The fourth-order valence-corrected chi connectivity index (χ4v) is 1.49. The molecule has 2 N–H and O–H groups in total. The number of nitrogens with zero attached hydrogens (tertiary/aromatic N) is 2. The summed E-state index contributed by atoms with van der Waals surface area (Å²) in [5.74, 6) is 0.629. The first-order valence-corrected chi connectivity index (χ1v) is 5.65. The molecular formula is C11H21N3O2. The summed E-state index contributed by atoms with van der Waals surface area (Å²) < 4.78 is 12.7. The van der Waals surface area contributed by atoms with Gasteiger partial charge in [-0.1, -0.05) is 6.92 Å². The molecule has 0 saturated heterocycles. The van der Waals surface area contributed by atoms with Gasteiger partial charge in [0.15, 0.2) is 0 Å². The van der Waals surface area contributed by atoms with Crippen molar-refractivity contribution < 1.29 is 9.47 Å². The van der Waals surface area contributed by atoms with Crippen molar-refractivity contribution in [3.8, 4) is 5.88 Å². The zero-order valence-corrected chi connectivity index (χ0v) is 10.5. The van der Waals surface area contributed by atoms with Gasteiger partial charge in [0.25, 0.3) is 0 Å². The molecule has 16 heavy (non-hydrogen) atoms. The highest BCUT2D eigenvalue weighted by Gasteiger charge is 2.15. The fourth-order valence-electron chi connectivity index (χ4n) is 1.49. The molecule has 0 amide bonds. The van der Waals surface area contributed by atoms with Crippen LogP contribution in [0.2, 0.25) is 0 Å². The van der Waals surface area contributed by atoms with Crippen molar-refractivity contribution in [2.75, 3.05) is 18.9 Å². The summed E-state index contributed by atoms with van der Waals surface area (Å²) in [5.41, 5.74) is 7.45. The molecule has 0 saturated carbocycles. The summed E-state index contributed by atoms with van der Waals surface area (Å²) in [7, 11) is 1.83. The van der Waals surface area contributed by atoms with Gasteiger partial charge in [-0.25, -0.2) is 4.68 Å². The molecule has 0 spiro atoms. The van der Waals surface area contributed by atoms with Crippen molar-refractivity contribution in [2.45, 2.75) is 33.3 Å². The lowest BCUT2D eigenvalue weighted by atomic mass is 10.3. The second-order valence-corrected chi connectivity index (χ2v) is 3.73. The van der Waals surface area contributed by atoms with Gasteiger partial charge < -0.3 is 15.2 Å². The molecule has 1 heterocycles. The number of rotatable bonds is 6. The summed E-state index contributed by atoms with van der Waals surface area (Å²) in [5, 5.41) is 4.29. The first kappa shape index (κ1) is 12.8. The standard InChI is InChI=1S/C11H21N3O2/c1-5-9-10(12)11(14(4)13-9)16-8(3)7-15-6-2/h8H,5-7,12H2,1-4H3. The Balaban J connectivity index is 2.69. The topological polar surface area (TPSA) is 62.3 Å². The van der Waals surface area contributed by atoms with E-state index in [1.807, 2.05) is 27.8 Å². The number of aromatic nitrogens is 2. The van der Waals surface area contributed by atoms with Gasteiger partial charge in [0.05, 0.1) is 12.3 Å². The van der Waals surface area contributed by atoms with E-state index in [4.69, 9.17) is 15.2 Å². The molecule has 1 aromatic heterocycles. The average Bonchev–Trinajstić information content (AvgIpc) is 2.53. The summed E-state index contributed by atoms with van der Waals surface area (Å²) in [6.07, 6.45) is 0.783. The summed E-state index contributed by atoms with van der Waals surface area (Å²) >= 11 is 0. The maximum absolute atomic E-state index is 5.94. The van der Waals surface area contributed by atoms with Crippen LogP contribution in [0.5, 0.6) is 5.88 Å². The molecule has 5 nitrogen and oxygen atoms in total. The summed E-state index contributed by atoms with van der Waals surface area (Å²) in [6.45, 7) is 7.18. The van der Waals surface area contributed by atoms with Crippen LogP contribution in [0.15, 0.2) is 0 Å². The lowest BCUT2D eigenvalue weighted by molar-refractivity contribution is 0.0615. The maximum atomic E-state index is 5.94. The van der Waals surface area contributed by atoms with E-state index in [2.05, 4.69) is 5.10 Å². The quantitative estimate of drug-likeness (QED) is 0.797. The van der Waals surface area contributed by atoms with Crippen LogP contribution in [0.3, 0.4) is 0 Å². The van der Waals surface area contributed by atoms with Gasteiger partial charge in [0.2, 0.25) is 5.88 Å². The number of hydrogen-bond donors (Lipinski definition) is 1. The molecule has 0 fully saturated rings. The average molecular weight is 227 g/mol. The van der Waals surface area contributed by atoms with Crippen molar-refractivity contribution in [1.29, 1.82) is 0 Å². The van der Waals surface area contributed by atoms with Gasteiger partial charge in [-0.3, -0.25) is 0 Å². The second-order valence-electron chi connectivity index (χ2n) is 3.73. The Morgan fingerprint density at radius 3 is 2.62 bits per heavy atom. The molecule has 1 aromatic rings. The first-order valence-electron chi connectivity index (χ1n) is 5.65. The van der Waals surface area contributed by atoms with Gasteiger partial charge in [0, 0.05) is 13.7 Å². The van der Waals surface area contributed by atoms with Gasteiger partial charge in [0.1, 0.15) is 11.8 Å². The molecule has 0 radical (unpaired) electrons. The minimum Gasteiger partial charge on any atom is -0.471 e. The van der Waals surface area contributed by atoms with Crippen molar-refractivity contribution >= 4 is 5.69 Å². The van der Waals surface area contributed by atoms with Crippen LogP contribution in [-0.4, -0.2) is 29.1 Å². The van der Waals surface area contributed by atoms with E-state index in [1.165, 1.54) is 0 Å². The van der Waals surface area contributed by atoms with Crippen LogP contribution in [0.1, 0.15) is 26.5 Å². The largest absolute Gasteiger partial charge is 0.471 e. The van der Waals surface area contributed by atoms with Gasteiger partial charge >= 0.3 is 0 Å². The Hall–Kier alpha value is -1.23. The predicted molar refractivity (Wildman–Crippen MR) is 63.6 cm³/mol. The number of ether oxygens (including phenoxy) is 2. The Morgan fingerprint density at radius 2 is 2.12 bits per heavy atom. The number of aryl methyl sites for hydroxylation is 2. The highest BCUT2D eigenvalue weighted by molar-refractivity contribution is 5.53. The van der Waals surface area contributed by atoms with Gasteiger partial charge in [-0.2, -0.15) is 5.10 Å². The van der Waals surface area contributed by atoms with E-state index in [1.54, 1.807) is 4.68 Å². The third kappa shape index (κ3) is 2.88. The SMILES string of the molecule is CCOCC(C)Oc1c(N)c(CC)nn1C. The van der Waals surface area contributed by atoms with Gasteiger partial charge in [-0.15, -0.1) is 0 Å². The van der Waals surface area contributed by atoms with Crippen LogP contribution in [0.4, 0.5) is 5.69 Å². The van der Waals surface area contributed by atoms with Crippen LogP contribution in [0.25, 0.3) is 0 Å². The van der Waals surface area contributed by atoms with Crippen molar-refractivity contribution in [2.24, 2.45) is 7.05 Å². The second kappa shape index (κ2) is 5.75. The lowest BCUT2D eigenvalue weighted by Gasteiger charge is -2.14. The van der Waals surface area contributed by atoms with E-state index in [9.17, 15) is 0 Å². The zero-order chi connectivity index (χ0) is 12.1. The van der Waals surface area contributed by atoms with Crippen molar-refractivity contribution in [1.82, 2.24) is 9.78 Å². The number of anilines is 1. The Labute approximate surface area is 96.5 Å². The minimum absolute atomic E-state index is 0.0256. The molecule has 0 aliphatic heterocycles. The van der Waals surface area contributed by atoms with Crippen LogP contribution in [-0.2, 0) is 18.2 Å². The smallest absolute Gasteiger partial charge is 0.236 e. The van der Waals surface area contributed by atoms with E-state index in [0.29, 0.717) is 24.8 Å². The first-order chi connectivity index (χ1) is 7.60. The fraction of sp³-hybridized carbons (Fsp3) is 0.727. The van der Waals surface area contributed by atoms with E-state index >= 15 is 0 Å². The molecule has 1 rings (SSSR count). The highest BCUT2D eigenvalue weighted by Crippen LogP contribution is 2.25. The Bertz CT molecular complexity index is 336. The molecule has 1 atom stereocenters. The third-order valence-electron chi connectivity index (χ3n) is 2.31. The maximum Gasteiger partial charge on any atom is 0.236 e. The number of nitrogen functional groups attached to an aromatic ring is 1. The molecule has 0 bridgehead atoms. The Kier molecular flexibility index (Phi) is 4.61. The molecule has 5 heteroatoms. The van der Waals surface area contributed by atoms with Gasteiger partial charge in [-0.05, 0) is 20.3 Å². The van der Waals surface area contributed by atoms with Crippen LogP contribution in [0, 0.1) is 0 Å². The molecule has 0 aliphatic rings. The monoisotopic (exact) mass is 227 g/mol. The normalized spacial score (nSPS) is 12.8. The van der Waals surface area contributed by atoms with Crippen LogP contribution < -0.4 is 10.5 Å². The Morgan fingerprint density at radius 1 is 1.44 bits per heavy atom. The molecule has 92 valence electrons. The van der Waals surface area contributed by atoms with E-state index < -0.39 is 0 Å². The van der Waals surface area contributed by atoms with E-state index in [-0.39, 0.29) is 6.10 Å². The summed E-state index contributed by atoms with van der Waals surface area (Å²) in [6, 6.07) is 0. The van der Waals surface area contributed by atoms with E-state index in [0.717, 1.165) is 12.1 Å². The molecule has 0 aliphatic carbocycles. The van der Waals surface area contributed by atoms with Crippen molar-refractivity contribution in [3.63, 3.8) is 0 Å². The lowest BCUT2D eigenvalue weighted by Crippen LogP contribution is -2.20. The van der Waals surface area contributed by atoms with Crippen LogP contribution >= 0.6 is 0 Å².